The number of carbonyl (C=O) groups excluding carboxylic acids is 1. The fourth-order valence-electron chi connectivity index (χ4n) is 1.99. The number of nitro groups is 1. The Morgan fingerprint density at radius 3 is 2.50 bits per heavy atom. The molecule has 0 fully saturated rings. The molecule has 1 aliphatic rings. The average molecular weight is 276 g/mol. The summed E-state index contributed by atoms with van der Waals surface area (Å²) in [5.74, 6) is -1.79. The molecule has 104 valence electrons. The number of nitrogens with zero attached hydrogens (tertiary/aromatic N) is 1. The average Bonchev–Trinajstić information content (AvgIpc) is 2.92. The predicted octanol–water partition coefficient (Wildman–Crippen LogP) is 2.20. The summed E-state index contributed by atoms with van der Waals surface area (Å²) in [5, 5.41) is 22.3. The molecular formula is C13H12N2O5. The van der Waals surface area contributed by atoms with Gasteiger partial charge in [-0.3, -0.25) is 14.9 Å². The normalized spacial score (nSPS) is 14.2. The predicted molar refractivity (Wildman–Crippen MR) is 70.5 cm³/mol. The molecule has 2 rings (SSSR count). The van der Waals surface area contributed by atoms with Crippen molar-refractivity contribution in [2.75, 3.05) is 5.32 Å². The lowest BCUT2D eigenvalue weighted by Gasteiger charge is -2.11. The molecule has 0 bridgehead atoms. The highest BCUT2D eigenvalue weighted by molar-refractivity contribution is 5.96. The second kappa shape index (κ2) is 5.52. The van der Waals surface area contributed by atoms with Crippen LogP contribution >= 0.6 is 0 Å². The van der Waals surface area contributed by atoms with Crippen LogP contribution in [0, 0.1) is 16.0 Å². The number of allylic oxidation sites excluding steroid dienone is 2. The number of carbonyl (C=O) groups is 2. The summed E-state index contributed by atoms with van der Waals surface area (Å²) in [6.07, 6.45) is 4.97. The van der Waals surface area contributed by atoms with Crippen molar-refractivity contribution in [3.8, 4) is 0 Å². The SMILES string of the molecule is O=C(O)c1ccc(NC(=O)C2CC=CC2)c([N+](=O)[O-])c1. The van der Waals surface area contributed by atoms with E-state index in [9.17, 15) is 19.7 Å². The molecule has 0 heterocycles. The molecule has 0 atom stereocenters. The van der Waals surface area contributed by atoms with Crippen LogP contribution in [0.1, 0.15) is 23.2 Å². The van der Waals surface area contributed by atoms with Crippen molar-refractivity contribution in [1.82, 2.24) is 0 Å². The van der Waals surface area contributed by atoms with Crippen LogP contribution in [0.2, 0.25) is 0 Å². The number of carboxylic acid groups (broad SMARTS) is 1. The van der Waals surface area contributed by atoms with E-state index in [1.54, 1.807) is 0 Å². The highest BCUT2D eigenvalue weighted by Gasteiger charge is 2.23. The van der Waals surface area contributed by atoms with Gasteiger partial charge in [0.25, 0.3) is 5.69 Å². The van der Waals surface area contributed by atoms with E-state index in [0.29, 0.717) is 12.8 Å². The first kappa shape index (κ1) is 13.7. The molecule has 0 unspecified atom stereocenters. The molecule has 1 aromatic rings. The maximum atomic E-state index is 11.9. The Kier molecular flexibility index (Phi) is 3.79. The van der Waals surface area contributed by atoms with Crippen molar-refractivity contribution >= 4 is 23.3 Å². The van der Waals surface area contributed by atoms with E-state index < -0.39 is 16.6 Å². The van der Waals surface area contributed by atoms with Crippen molar-refractivity contribution < 1.29 is 19.6 Å². The molecule has 7 heteroatoms. The summed E-state index contributed by atoms with van der Waals surface area (Å²) < 4.78 is 0. The number of nitrogens with one attached hydrogen (secondary N) is 1. The van der Waals surface area contributed by atoms with E-state index in [1.165, 1.54) is 12.1 Å². The van der Waals surface area contributed by atoms with Crippen LogP contribution in [0.15, 0.2) is 30.4 Å². The van der Waals surface area contributed by atoms with Crippen LogP contribution in [0.5, 0.6) is 0 Å². The minimum atomic E-state index is -1.26. The first-order chi connectivity index (χ1) is 9.49. The van der Waals surface area contributed by atoms with Gasteiger partial charge in [-0.15, -0.1) is 0 Å². The van der Waals surface area contributed by atoms with Crippen molar-refractivity contribution in [2.45, 2.75) is 12.8 Å². The number of aromatic carboxylic acids is 1. The van der Waals surface area contributed by atoms with Crippen molar-refractivity contribution in [3.63, 3.8) is 0 Å². The molecule has 2 N–H and O–H groups in total. The van der Waals surface area contributed by atoms with Crippen LogP contribution in [-0.4, -0.2) is 21.9 Å². The standard InChI is InChI=1S/C13H12N2O5/c16-12(8-3-1-2-4-8)14-10-6-5-9(13(17)18)7-11(10)15(19)20/h1-2,5-8H,3-4H2,(H,14,16)(H,17,18). The largest absolute Gasteiger partial charge is 0.478 e. The minimum Gasteiger partial charge on any atom is -0.478 e. The second-order valence-corrected chi connectivity index (χ2v) is 4.42. The Balaban J connectivity index is 2.24. The Labute approximate surface area is 114 Å². The van der Waals surface area contributed by atoms with Gasteiger partial charge in [-0.05, 0) is 25.0 Å². The van der Waals surface area contributed by atoms with E-state index in [2.05, 4.69) is 5.32 Å². The van der Waals surface area contributed by atoms with E-state index >= 15 is 0 Å². The Morgan fingerprint density at radius 2 is 1.95 bits per heavy atom. The molecular weight excluding hydrogens is 264 g/mol. The van der Waals surface area contributed by atoms with Crippen LogP contribution in [0.25, 0.3) is 0 Å². The lowest BCUT2D eigenvalue weighted by molar-refractivity contribution is -0.384. The number of amides is 1. The molecule has 0 aliphatic heterocycles. The lowest BCUT2D eigenvalue weighted by Crippen LogP contribution is -2.21. The van der Waals surface area contributed by atoms with E-state index in [1.807, 2.05) is 12.2 Å². The number of carboxylic acids is 1. The summed E-state index contributed by atoms with van der Waals surface area (Å²) in [5.41, 5.74) is -0.613. The van der Waals surface area contributed by atoms with Gasteiger partial charge in [0.15, 0.2) is 0 Å². The highest BCUT2D eigenvalue weighted by atomic mass is 16.6. The zero-order chi connectivity index (χ0) is 14.7. The van der Waals surface area contributed by atoms with Gasteiger partial charge in [0.05, 0.1) is 10.5 Å². The molecule has 0 radical (unpaired) electrons. The van der Waals surface area contributed by atoms with Gasteiger partial charge in [0.1, 0.15) is 5.69 Å². The molecule has 1 aliphatic carbocycles. The molecule has 0 saturated heterocycles. The number of hydrogen-bond donors (Lipinski definition) is 2. The smallest absolute Gasteiger partial charge is 0.335 e. The first-order valence-corrected chi connectivity index (χ1v) is 5.96. The van der Waals surface area contributed by atoms with Gasteiger partial charge < -0.3 is 10.4 Å². The molecule has 20 heavy (non-hydrogen) atoms. The Hall–Kier alpha value is -2.70. The third kappa shape index (κ3) is 2.82. The molecule has 1 amide bonds. The zero-order valence-electron chi connectivity index (χ0n) is 10.4. The van der Waals surface area contributed by atoms with Gasteiger partial charge >= 0.3 is 5.97 Å². The van der Waals surface area contributed by atoms with Crippen LogP contribution in [0.3, 0.4) is 0 Å². The molecule has 7 nitrogen and oxygen atoms in total. The summed E-state index contributed by atoms with van der Waals surface area (Å²) in [6, 6.07) is 3.39. The third-order valence-corrected chi connectivity index (χ3v) is 3.08. The van der Waals surface area contributed by atoms with Gasteiger partial charge in [-0.1, -0.05) is 12.2 Å². The molecule has 1 aromatic carbocycles. The van der Waals surface area contributed by atoms with Gasteiger partial charge in [0.2, 0.25) is 5.91 Å². The fraction of sp³-hybridized carbons (Fsp3) is 0.231. The number of benzene rings is 1. The van der Waals surface area contributed by atoms with Crippen molar-refractivity contribution in [3.05, 3.63) is 46.0 Å². The Morgan fingerprint density at radius 1 is 1.30 bits per heavy atom. The van der Waals surface area contributed by atoms with Crippen LogP contribution in [0.4, 0.5) is 11.4 Å². The number of hydrogen-bond acceptors (Lipinski definition) is 4. The van der Waals surface area contributed by atoms with Gasteiger partial charge in [-0.25, -0.2) is 4.79 Å². The monoisotopic (exact) mass is 276 g/mol. The quantitative estimate of drug-likeness (QED) is 0.497. The Bertz CT molecular complexity index is 601. The summed E-state index contributed by atoms with van der Waals surface area (Å²) in [4.78, 5) is 33.0. The number of anilines is 1. The highest BCUT2D eigenvalue weighted by Crippen LogP contribution is 2.27. The fourth-order valence-corrected chi connectivity index (χ4v) is 1.99. The van der Waals surface area contributed by atoms with E-state index in [-0.39, 0.29) is 23.1 Å². The molecule has 0 aromatic heterocycles. The number of nitro benzene ring substituents is 1. The van der Waals surface area contributed by atoms with E-state index in [4.69, 9.17) is 5.11 Å². The maximum Gasteiger partial charge on any atom is 0.335 e. The lowest BCUT2D eigenvalue weighted by atomic mass is 10.1. The summed E-state index contributed by atoms with van der Waals surface area (Å²) >= 11 is 0. The first-order valence-electron chi connectivity index (χ1n) is 5.96. The van der Waals surface area contributed by atoms with Crippen molar-refractivity contribution in [2.24, 2.45) is 5.92 Å². The summed E-state index contributed by atoms with van der Waals surface area (Å²) in [7, 11) is 0. The molecule has 0 spiro atoms. The molecule has 0 saturated carbocycles. The topological polar surface area (TPSA) is 110 Å². The maximum absolute atomic E-state index is 11.9. The third-order valence-electron chi connectivity index (χ3n) is 3.08. The van der Waals surface area contributed by atoms with Gasteiger partial charge in [-0.2, -0.15) is 0 Å². The summed E-state index contributed by atoms with van der Waals surface area (Å²) in [6.45, 7) is 0. The van der Waals surface area contributed by atoms with Crippen LogP contribution < -0.4 is 5.32 Å². The van der Waals surface area contributed by atoms with Crippen LogP contribution in [-0.2, 0) is 4.79 Å². The van der Waals surface area contributed by atoms with Gasteiger partial charge in [0, 0.05) is 12.0 Å². The minimum absolute atomic E-state index is 0.0110. The number of rotatable bonds is 4. The van der Waals surface area contributed by atoms with E-state index in [0.717, 1.165) is 6.07 Å². The second-order valence-electron chi connectivity index (χ2n) is 4.42. The zero-order valence-corrected chi connectivity index (χ0v) is 10.4. The van der Waals surface area contributed by atoms with Crippen molar-refractivity contribution in [1.29, 1.82) is 0 Å².